The van der Waals surface area contributed by atoms with Gasteiger partial charge in [0.1, 0.15) is 5.75 Å². The molecule has 0 N–H and O–H groups in total. The Balaban J connectivity index is 2.04. The Morgan fingerprint density at radius 3 is 3.12 bits per heavy atom. The molecule has 1 aliphatic rings. The Morgan fingerprint density at radius 2 is 2.35 bits per heavy atom. The number of imidazole rings is 1. The monoisotopic (exact) mass is 246 g/mol. The van der Waals surface area contributed by atoms with Gasteiger partial charge in [0.25, 0.3) is 0 Å². The highest BCUT2D eigenvalue weighted by Gasteiger charge is 2.22. The van der Waals surface area contributed by atoms with Crippen LogP contribution in [0.4, 0.5) is 0 Å². The summed E-state index contributed by atoms with van der Waals surface area (Å²) >= 11 is 1.47. The third-order valence-electron chi connectivity index (χ3n) is 2.63. The van der Waals surface area contributed by atoms with Crippen molar-refractivity contribution in [2.45, 2.75) is 5.16 Å². The van der Waals surface area contributed by atoms with Crippen molar-refractivity contribution in [2.75, 3.05) is 12.9 Å². The first kappa shape index (κ1) is 10.4. The number of hydrogen-bond donors (Lipinski definition) is 0. The van der Waals surface area contributed by atoms with Gasteiger partial charge in [0.2, 0.25) is 5.91 Å². The van der Waals surface area contributed by atoms with E-state index in [1.165, 1.54) is 11.8 Å². The number of carbonyl (C=O) groups excluding carboxylic acids is 1. The van der Waals surface area contributed by atoms with Gasteiger partial charge in [-0.3, -0.25) is 9.36 Å². The topological polar surface area (TPSA) is 44.1 Å². The van der Waals surface area contributed by atoms with Crippen LogP contribution in [-0.2, 0) is 0 Å². The molecule has 5 heteroatoms. The summed E-state index contributed by atoms with van der Waals surface area (Å²) in [5.41, 5.74) is 1.76. The molecule has 3 rings (SSSR count). The molecule has 0 spiro atoms. The molecule has 2 heterocycles. The van der Waals surface area contributed by atoms with Crippen molar-refractivity contribution in [1.29, 1.82) is 0 Å². The highest BCUT2D eigenvalue weighted by molar-refractivity contribution is 8.00. The lowest BCUT2D eigenvalue weighted by Crippen LogP contribution is -2.04. The van der Waals surface area contributed by atoms with E-state index in [1.54, 1.807) is 17.9 Å². The van der Waals surface area contributed by atoms with E-state index >= 15 is 0 Å². The van der Waals surface area contributed by atoms with Crippen LogP contribution in [0.5, 0.6) is 5.75 Å². The molecular weight excluding hydrogens is 236 g/mol. The van der Waals surface area contributed by atoms with Crippen LogP contribution in [0.2, 0.25) is 0 Å². The molecule has 0 unspecified atom stereocenters. The summed E-state index contributed by atoms with van der Waals surface area (Å²) in [4.78, 5) is 15.9. The lowest BCUT2D eigenvalue weighted by atomic mass is 10.1. The number of ether oxygens (including phenoxy) is 1. The summed E-state index contributed by atoms with van der Waals surface area (Å²) in [6.07, 6.45) is 1.78. The molecule has 0 bridgehead atoms. The molecule has 0 saturated carbocycles. The van der Waals surface area contributed by atoms with Crippen LogP contribution in [0, 0.1) is 0 Å². The number of thioether (sulfide) groups is 1. The van der Waals surface area contributed by atoms with E-state index in [1.807, 2.05) is 24.3 Å². The quantitative estimate of drug-likeness (QED) is 0.815. The maximum absolute atomic E-state index is 11.5. The summed E-state index contributed by atoms with van der Waals surface area (Å²) in [7, 11) is 1.63. The van der Waals surface area contributed by atoms with E-state index in [2.05, 4.69) is 4.98 Å². The molecule has 0 radical (unpaired) electrons. The van der Waals surface area contributed by atoms with Crippen LogP contribution in [-0.4, -0.2) is 28.3 Å². The zero-order chi connectivity index (χ0) is 11.8. The van der Waals surface area contributed by atoms with Gasteiger partial charge in [-0.05, 0) is 12.1 Å². The molecule has 17 heavy (non-hydrogen) atoms. The predicted molar refractivity (Wildman–Crippen MR) is 65.6 cm³/mol. The van der Waals surface area contributed by atoms with Crippen molar-refractivity contribution in [3.05, 3.63) is 30.5 Å². The first-order chi connectivity index (χ1) is 8.28. The van der Waals surface area contributed by atoms with E-state index in [0.717, 1.165) is 22.2 Å². The molecule has 1 aromatic carbocycles. The maximum Gasteiger partial charge on any atom is 0.243 e. The second-order valence-electron chi connectivity index (χ2n) is 3.69. The molecule has 1 aliphatic heterocycles. The number of fused-ring (bicyclic) bond motifs is 1. The summed E-state index contributed by atoms with van der Waals surface area (Å²) in [6.45, 7) is 0. The van der Waals surface area contributed by atoms with Gasteiger partial charge in [0.05, 0.1) is 18.6 Å². The Morgan fingerprint density at radius 1 is 1.47 bits per heavy atom. The third-order valence-corrected chi connectivity index (χ3v) is 3.57. The molecular formula is C12H10N2O2S. The van der Waals surface area contributed by atoms with Crippen LogP contribution in [0.3, 0.4) is 0 Å². The van der Waals surface area contributed by atoms with Crippen molar-refractivity contribution >= 4 is 17.7 Å². The van der Waals surface area contributed by atoms with Crippen LogP contribution in [0.25, 0.3) is 11.3 Å². The van der Waals surface area contributed by atoms with Gasteiger partial charge in [-0.25, -0.2) is 4.98 Å². The van der Waals surface area contributed by atoms with Gasteiger partial charge >= 0.3 is 0 Å². The molecule has 0 fully saturated rings. The standard InChI is InChI=1S/C12H10N2O2S/c1-16-9-4-2-3-8(5-9)10-6-14-11(15)7-17-12(14)13-10/h2-6H,7H2,1H3. The van der Waals surface area contributed by atoms with Gasteiger partial charge < -0.3 is 4.74 Å². The summed E-state index contributed by atoms with van der Waals surface area (Å²) in [5.74, 6) is 1.36. The lowest BCUT2D eigenvalue weighted by Gasteiger charge is -2.01. The first-order valence-corrected chi connectivity index (χ1v) is 6.16. The van der Waals surface area contributed by atoms with Gasteiger partial charge in [-0.15, -0.1) is 0 Å². The molecule has 0 aliphatic carbocycles. The van der Waals surface area contributed by atoms with Gasteiger partial charge in [0.15, 0.2) is 5.16 Å². The van der Waals surface area contributed by atoms with Crippen LogP contribution in [0.15, 0.2) is 35.6 Å². The summed E-state index contributed by atoms with van der Waals surface area (Å²) in [6, 6.07) is 7.66. The Kier molecular flexibility index (Phi) is 2.40. The zero-order valence-electron chi connectivity index (χ0n) is 9.21. The van der Waals surface area contributed by atoms with E-state index in [0.29, 0.717) is 5.75 Å². The van der Waals surface area contributed by atoms with Crippen LogP contribution >= 0.6 is 11.8 Å². The second kappa shape index (κ2) is 3.92. The van der Waals surface area contributed by atoms with Gasteiger partial charge in [-0.1, -0.05) is 23.9 Å². The number of methoxy groups -OCH3 is 1. The predicted octanol–water partition coefficient (Wildman–Crippen LogP) is 2.30. The second-order valence-corrected chi connectivity index (χ2v) is 4.64. The number of carbonyl (C=O) groups is 1. The maximum atomic E-state index is 11.5. The smallest absolute Gasteiger partial charge is 0.243 e. The zero-order valence-corrected chi connectivity index (χ0v) is 10.0. The van der Waals surface area contributed by atoms with Crippen LogP contribution < -0.4 is 4.74 Å². The highest BCUT2D eigenvalue weighted by atomic mass is 32.2. The van der Waals surface area contributed by atoms with E-state index in [9.17, 15) is 4.79 Å². The van der Waals surface area contributed by atoms with Crippen molar-refractivity contribution in [1.82, 2.24) is 9.55 Å². The first-order valence-electron chi connectivity index (χ1n) is 5.18. The van der Waals surface area contributed by atoms with Crippen molar-refractivity contribution < 1.29 is 9.53 Å². The number of rotatable bonds is 2. The number of nitrogens with zero attached hydrogens (tertiary/aromatic N) is 2. The average molecular weight is 246 g/mol. The fourth-order valence-electron chi connectivity index (χ4n) is 1.76. The highest BCUT2D eigenvalue weighted by Crippen LogP contribution is 2.30. The fourth-order valence-corrected chi connectivity index (χ4v) is 2.61. The normalized spacial score (nSPS) is 13.8. The Hall–Kier alpha value is -1.75. The largest absolute Gasteiger partial charge is 0.497 e. The number of hydrogen-bond acceptors (Lipinski definition) is 4. The van der Waals surface area contributed by atoms with Crippen molar-refractivity contribution in [3.8, 4) is 17.0 Å². The molecule has 4 nitrogen and oxygen atoms in total. The molecule has 0 atom stereocenters. The van der Waals surface area contributed by atoms with Gasteiger partial charge in [0, 0.05) is 11.8 Å². The van der Waals surface area contributed by atoms with Crippen molar-refractivity contribution in [2.24, 2.45) is 0 Å². The van der Waals surface area contributed by atoms with Gasteiger partial charge in [-0.2, -0.15) is 0 Å². The molecule has 2 aromatic rings. The lowest BCUT2D eigenvalue weighted by molar-refractivity contribution is 0.0939. The van der Waals surface area contributed by atoms with E-state index < -0.39 is 0 Å². The molecule has 0 amide bonds. The SMILES string of the molecule is COc1cccc(-c2cn3c(n2)SCC3=O)c1. The molecule has 0 saturated heterocycles. The average Bonchev–Trinajstić information content (AvgIpc) is 2.92. The minimum Gasteiger partial charge on any atom is -0.497 e. The fraction of sp³-hybridized carbons (Fsp3) is 0.167. The summed E-state index contributed by atoms with van der Waals surface area (Å²) < 4.78 is 6.78. The minimum absolute atomic E-state index is 0.0895. The minimum atomic E-state index is 0.0895. The van der Waals surface area contributed by atoms with E-state index in [4.69, 9.17) is 4.74 Å². The Bertz CT molecular complexity index is 592. The van der Waals surface area contributed by atoms with Crippen molar-refractivity contribution in [3.63, 3.8) is 0 Å². The number of benzene rings is 1. The molecule has 86 valence electrons. The van der Waals surface area contributed by atoms with E-state index in [-0.39, 0.29) is 5.91 Å². The van der Waals surface area contributed by atoms with Crippen LogP contribution in [0.1, 0.15) is 4.79 Å². The number of aromatic nitrogens is 2. The molecule has 1 aromatic heterocycles. The third kappa shape index (κ3) is 1.72. The Labute approximate surface area is 103 Å². The summed E-state index contributed by atoms with van der Waals surface area (Å²) in [5, 5.41) is 0.771.